The number of para-hydroxylation sites is 2. The Balaban J connectivity index is 1.23. The molecule has 0 radical (unpaired) electrons. The van der Waals surface area contributed by atoms with E-state index in [1.807, 2.05) is 30.3 Å². The smallest absolute Gasteiger partial charge is 0.252 e. The zero-order valence-corrected chi connectivity index (χ0v) is 13.9. The summed E-state index contributed by atoms with van der Waals surface area (Å²) in [6.07, 6.45) is 4.63. The van der Waals surface area contributed by atoms with Gasteiger partial charge in [0.25, 0.3) is 5.91 Å². The number of hydrogen-bond donors (Lipinski definition) is 2. The molecule has 0 spiro atoms. The van der Waals surface area contributed by atoms with Gasteiger partial charge in [0.15, 0.2) is 11.5 Å². The lowest BCUT2D eigenvalue weighted by molar-refractivity contribution is 0.0812. The van der Waals surface area contributed by atoms with E-state index in [-0.39, 0.29) is 12.0 Å². The molecule has 0 unspecified atom stereocenters. The highest BCUT2D eigenvalue weighted by molar-refractivity contribution is 5.94. The van der Waals surface area contributed by atoms with Crippen LogP contribution in [0.15, 0.2) is 42.6 Å². The number of carbonyl (C=O) groups excluding carboxylic acids is 1. The molecule has 2 N–H and O–H groups in total. The van der Waals surface area contributed by atoms with E-state index in [0.29, 0.717) is 31.2 Å². The van der Waals surface area contributed by atoms with Crippen LogP contribution in [0.3, 0.4) is 0 Å². The van der Waals surface area contributed by atoms with Crippen molar-refractivity contribution in [3.05, 3.63) is 48.2 Å². The van der Waals surface area contributed by atoms with Crippen molar-refractivity contribution in [3.63, 3.8) is 0 Å². The number of nitrogens with zero attached hydrogens (tertiary/aromatic N) is 1. The van der Waals surface area contributed by atoms with Crippen molar-refractivity contribution in [2.45, 2.75) is 31.4 Å². The minimum absolute atomic E-state index is 0.0570. The van der Waals surface area contributed by atoms with Crippen LogP contribution in [0.4, 0.5) is 5.82 Å². The second-order valence-electron chi connectivity index (χ2n) is 6.39. The predicted octanol–water partition coefficient (Wildman–Crippen LogP) is 2.62. The highest BCUT2D eigenvalue weighted by Gasteiger charge is 2.22. The zero-order chi connectivity index (χ0) is 17.1. The SMILES string of the molecule is O=C(NCC[C@H]1COc2ccccc2O1)c1ccc(NC2CC2)nc1. The molecule has 25 heavy (non-hydrogen) atoms. The summed E-state index contributed by atoms with van der Waals surface area (Å²) in [5, 5.41) is 6.21. The molecule has 2 heterocycles. The highest BCUT2D eigenvalue weighted by atomic mass is 16.6. The number of nitrogens with one attached hydrogen (secondary N) is 2. The molecular formula is C19H21N3O3. The van der Waals surface area contributed by atoms with Crippen LogP contribution in [-0.4, -0.2) is 36.2 Å². The molecule has 0 saturated heterocycles. The van der Waals surface area contributed by atoms with Crippen molar-refractivity contribution in [1.29, 1.82) is 0 Å². The third kappa shape index (κ3) is 4.02. The number of pyridine rings is 1. The summed E-state index contributed by atoms with van der Waals surface area (Å²) in [5.41, 5.74) is 0.563. The minimum Gasteiger partial charge on any atom is -0.486 e. The Labute approximate surface area is 146 Å². The molecule has 4 rings (SSSR count). The first-order valence-corrected chi connectivity index (χ1v) is 8.67. The maximum absolute atomic E-state index is 12.2. The van der Waals surface area contributed by atoms with Crippen molar-refractivity contribution in [3.8, 4) is 11.5 Å². The summed E-state index contributed by atoms with van der Waals surface area (Å²) in [7, 11) is 0. The fourth-order valence-electron chi connectivity index (χ4n) is 2.70. The van der Waals surface area contributed by atoms with Gasteiger partial charge in [0.2, 0.25) is 0 Å². The number of rotatable bonds is 6. The quantitative estimate of drug-likeness (QED) is 0.846. The predicted molar refractivity (Wildman–Crippen MR) is 94.2 cm³/mol. The Bertz CT molecular complexity index is 744. The molecule has 1 saturated carbocycles. The number of ether oxygens (including phenoxy) is 2. The van der Waals surface area contributed by atoms with Crippen molar-refractivity contribution in [1.82, 2.24) is 10.3 Å². The Morgan fingerprint density at radius 2 is 2.00 bits per heavy atom. The van der Waals surface area contributed by atoms with Gasteiger partial charge in [-0.05, 0) is 37.1 Å². The normalized spacial score (nSPS) is 18.5. The van der Waals surface area contributed by atoms with E-state index < -0.39 is 0 Å². The molecule has 6 nitrogen and oxygen atoms in total. The van der Waals surface area contributed by atoms with Gasteiger partial charge < -0.3 is 20.1 Å². The summed E-state index contributed by atoms with van der Waals surface area (Å²) in [6, 6.07) is 11.8. The Hall–Kier alpha value is -2.76. The first-order valence-electron chi connectivity index (χ1n) is 8.67. The van der Waals surface area contributed by atoms with E-state index in [1.165, 1.54) is 12.8 Å². The van der Waals surface area contributed by atoms with E-state index >= 15 is 0 Å². The fraction of sp³-hybridized carbons (Fsp3) is 0.368. The fourth-order valence-corrected chi connectivity index (χ4v) is 2.70. The van der Waals surface area contributed by atoms with Crippen molar-refractivity contribution >= 4 is 11.7 Å². The van der Waals surface area contributed by atoms with Gasteiger partial charge in [-0.25, -0.2) is 4.98 Å². The molecule has 1 amide bonds. The second kappa shape index (κ2) is 7.01. The van der Waals surface area contributed by atoms with Crippen LogP contribution in [0.1, 0.15) is 29.6 Å². The number of benzene rings is 1. The Morgan fingerprint density at radius 1 is 1.16 bits per heavy atom. The number of anilines is 1. The molecule has 1 aromatic carbocycles. The number of fused-ring (bicyclic) bond motifs is 1. The molecule has 1 aliphatic carbocycles. The molecule has 2 aromatic rings. The molecule has 6 heteroatoms. The monoisotopic (exact) mass is 339 g/mol. The van der Waals surface area contributed by atoms with Crippen LogP contribution < -0.4 is 20.1 Å². The third-order valence-corrected chi connectivity index (χ3v) is 4.27. The third-order valence-electron chi connectivity index (χ3n) is 4.27. The molecule has 1 atom stereocenters. The van der Waals surface area contributed by atoms with Gasteiger partial charge in [0, 0.05) is 25.2 Å². The lowest BCUT2D eigenvalue weighted by atomic mass is 10.2. The lowest BCUT2D eigenvalue weighted by Gasteiger charge is -2.26. The number of aromatic nitrogens is 1. The van der Waals surface area contributed by atoms with Crippen molar-refractivity contribution < 1.29 is 14.3 Å². The summed E-state index contributed by atoms with van der Waals surface area (Å²) < 4.78 is 11.6. The van der Waals surface area contributed by atoms with E-state index in [1.54, 1.807) is 12.3 Å². The molecule has 130 valence electrons. The molecule has 1 aromatic heterocycles. The maximum atomic E-state index is 12.2. The summed E-state index contributed by atoms with van der Waals surface area (Å²) >= 11 is 0. The Kier molecular flexibility index (Phi) is 4.41. The molecule has 1 aliphatic heterocycles. The molecular weight excluding hydrogens is 318 g/mol. The van der Waals surface area contributed by atoms with Crippen LogP contribution in [-0.2, 0) is 0 Å². The van der Waals surface area contributed by atoms with Crippen molar-refractivity contribution in [2.24, 2.45) is 0 Å². The van der Waals surface area contributed by atoms with Crippen LogP contribution >= 0.6 is 0 Å². The van der Waals surface area contributed by atoms with Gasteiger partial charge in [-0.1, -0.05) is 12.1 Å². The van der Waals surface area contributed by atoms with Crippen LogP contribution in [0.25, 0.3) is 0 Å². The van der Waals surface area contributed by atoms with Gasteiger partial charge in [-0.2, -0.15) is 0 Å². The summed E-state index contributed by atoms with van der Waals surface area (Å²) in [6.45, 7) is 1.02. The van der Waals surface area contributed by atoms with Crippen molar-refractivity contribution in [2.75, 3.05) is 18.5 Å². The summed E-state index contributed by atoms with van der Waals surface area (Å²) in [5.74, 6) is 2.23. The van der Waals surface area contributed by atoms with E-state index in [0.717, 1.165) is 17.3 Å². The van der Waals surface area contributed by atoms with Gasteiger partial charge in [0.1, 0.15) is 18.5 Å². The van der Waals surface area contributed by atoms with Gasteiger partial charge in [0.05, 0.1) is 5.56 Å². The topological polar surface area (TPSA) is 72.5 Å². The van der Waals surface area contributed by atoms with Gasteiger partial charge in [-0.3, -0.25) is 4.79 Å². The maximum Gasteiger partial charge on any atom is 0.252 e. The van der Waals surface area contributed by atoms with Crippen LogP contribution in [0.5, 0.6) is 11.5 Å². The largest absolute Gasteiger partial charge is 0.486 e. The Morgan fingerprint density at radius 3 is 2.76 bits per heavy atom. The zero-order valence-electron chi connectivity index (χ0n) is 13.9. The second-order valence-corrected chi connectivity index (χ2v) is 6.39. The number of amides is 1. The van der Waals surface area contributed by atoms with Gasteiger partial charge in [-0.15, -0.1) is 0 Å². The first kappa shape index (κ1) is 15.7. The molecule has 1 fully saturated rings. The van der Waals surface area contributed by atoms with Crippen LogP contribution in [0.2, 0.25) is 0 Å². The average molecular weight is 339 g/mol. The molecule has 2 aliphatic rings. The summed E-state index contributed by atoms with van der Waals surface area (Å²) in [4.78, 5) is 16.5. The van der Waals surface area contributed by atoms with E-state index in [2.05, 4.69) is 15.6 Å². The first-order chi connectivity index (χ1) is 12.3. The van der Waals surface area contributed by atoms with Gasteiger partial charge >= 0.3 is 0 Å². The lowest BCUT2D eigenvalue weighted by Crippen LogP contribution is -2.34. The number of hydrogen-bond acceptors (Lipinski definition) is 5. The van der Waals surface area contributed by atoms with Crippen LogP contribution in [0, 0.1) is 0 Å². The van der Waals surface area contributed by atoms with E-state index in [9.17, 15) is 4.79 Å². The van der Waals surface area contributed by atoms with E-state index in [4.69, 9.17) is 9.47 Å². The molecule has 0 bridgehead atoms. The standard InChI is InChI=1S/C19H21N3O3/c23-19(13-5-8-18(21-11-13)22-14-6-7-14)20-10-9-15-12-24-16-3-1-2-4-17(16)25-15/h1-5,8,11,14-15H,6-7,9-10,12H2,(H,20,23)(H,21,22)/t15-/m0/s1. The highest BCUT2D eigenvalue weighted by Crippen LogP contribution is 2.31. The number of carbonyl (C=O) groups is 1. The minimum atomic E-state index is -0.123. The average Bonchev–Trinajstić information content (AvgIpc) is 3.46.